The summed E-state index contributed by atoms with van der Waals surface area (Å²) < 4.78 is 7.70. The number of ether oxygens (including phenoxy) is 1. The van der Waals surface area contributed by atoms with Gasteiger partial charge in [0.2, 0.25) is 0 Å². The van der Waals surface area contributed by atoms with E-state index in [1.807, 2.05) is 11.6 Å². The molecular formula is C16H22N4O. The first-order chi connectivity index (χ1) is 10.0. The van der Waals surface area contributed by atoms with Crippen molar-refractivity contribution in [1.82, 2.24) is 14.8 Å². The van der Waals surface area contributed by atoms with Crippen molar-refractivity contribution in [2.75, 3.05) is 11.9 Å². The summed E-state index contributed by atoms with van der Waals surface area (Å²) in [5.74, 6) is 0.881. The molecule has 2 heterocycles. The molecule has 21 heavy (non-hydrogen) atoms. The highest BCUT2D eigenvalue weighted by Gasteiger charge is 2.28. The minimum atomic E-state index is -0.0445. The highest BCUT2D eigenvalue weighted by molar-refractivity contribution is 5.62. The molecule has 5 heteroatoms. The van der Waals surface area contributed by atoms with Gasteiger partial charge in [-0.25, -0.2) is 0 Å². The molecule has 1 aliphatic heterocycles. The average molecular weight is 286 g/mol. The van der Waals surface area contributed by atoms with Crippen molar-refractivity contribution in [2.24, 2.45) is 7.05 Å². The first-order valence-electron chi connectivity index (χ1n) is 7.38. The summed E-state index contributed by atoms with van der Waals surface area (Å²) in [7, 11) is 1.95. The molecule has 0 bridgehead atoms. The Labute approximate surface area is 125 Å². The third-order valence-corrected chi connectivity index (χ3v) is 3.90. The number of nitrogens with zero attached hydrogens (tertiary/aromatic N) is 3. The van der Waals surface area contributed by atoms with E-state index in [0.717, 1.165) is 36.5 Å². The van der Waals surface area contributed by atoms with Crippen molar-refractivity contribution in [3.05, 3.63) is 30.6 Å². The van der Waals surface area contributed by atoms with Crippen LogP contribution in [0.15, 0.2) is 30.6 Å². The van der Waals surface area contributed by atoms with Crippen molar-refractivity contribution >= 4 is 5.69 Å². The first-order valence-corrected chi connectivity index (χ1v) is 7.38. The standard InChI is InChI=1S/C16H22N4O/c1-16(2)10-14(7-8-21-16)18-13-6-4-5-12(9-13)15-19-17-11-20(15)3/h4-6,9,11,14,18H,7-8,10H2,1-3H3. The van der Waals surface area contributed by atoms with E-state index in [1.165, 1.54) is 0 Å². The lowest BCUT2D eigenvalue weighted by Crippen LogP contribution is -2.40. The molecular weight excluding hydrogens is 264 g/mol. The summed E-state index contributed by atoms with van der Waals surface area (Å²) in [6.07, 6.45) is 3.77. The molecule has 0 spiro atoms. The van der Waals surface area contributed by atoms with Gasteiger partial charge in [0.25, 0.3) is 0 Å². The summed E-state index contributed by atoms with van der Waals surface area (Å²) in [4.78, 5) is 0. The van der Waals surface area contributed by atoms with Gasteiger partial charge in [-0.3, -0.25) is 0 Å². The quantitative estimate of drug-likeness (QED) is 0.942. The van der Waals surface area contributed by atoms with Crippen molar-refractivity contribution in [2.45, 2.75) is 38.3 Å². The van der Waals surface area contributed by atoms with Crippen LogP contribution in [0.1, 0.15) is 26.7 Å². The number of nitrogens with one attached hydrogen (secondary N) is 1. The lowest BCUT2D eigenvalue weighted by Gasteiger charge is -2.36. The van der Waals surface area contributed by atoms with Crippen LogP contribution >= 0.6 is 0 Å². The lowest BCUT2D eigenvalue weighted by atomic mass is 9.94. The van der Waals surface area contributed by atoms with Gasteiger partial charge in [0, 0.05) is 30.9 Å². The molecule has 1 fully saturated rings. The van der Waals surface area contributed by atoms with Crippen LogP contribution in [0.2, 0.25) is 0 Å². The van der Waals surface area contributed by atoms with Crippen LogP contribution in [0.4, 0.5) is 5.69 Å². The molecule has 1 atom stereocenters. The maximum atomic E-state index is 5.77. The molecule has 1 aliphatic rings. The molecule has 1 N–H and O–H groups in total. The van der Waals surface area contributed by atoms with E-state index < -0.39 is 0 Å². The molecule has 5 nitrogen and oxygen atoms in total. The highest BCUT2D eigenvalue weighted by atomic mass is 16.5. The summed E-state index contributed by atoms with van der Waals surface area (Å²) in [6, 6.07) is 8.79. The van der Waals surface area contributed by atoms with Crippen LogP contribution in [0.5, 0.6) is 0 Å². The van der Waals surface area contributed by atoms with Gasteiger partial charge in [0.1, 0.15) is 6.33 Å². The van der Waals surface area contributed by atoms with E-state index in [0.29, 0.717) is 6.04 Å². The van der Waals surface area contributed by atoms with Gasteiger partial charge in [0.05, 0.1) is 5.60 Å². The topological polar surface area (TPSA) is 52.0 Å². The monoisotopic (exact) mass is 286 g/mol. The van der Waals surface area contributed by atoms with Gasteiger partial charge >= 0.3 is 0 Å². The third kappa shape index (κ3) is 3.24. The van der Waals surface area contributed by atoms with Crippen LogP contribution in [0, 0.1) is 0 Å². The maximum Gasteiger partial charge on any atom is 0.163 e. The van der Waals surface area contributed by atoms with Gasteiger partial charge in [-0.2, -0.15) is 0 Å². The Morgan fingerprint density at radius 2 is 2.24 bits per heavy atom. The number of aromatic nitrogens is 3. The normalized spacial score (nSPS) is 21.2. The SMILES string of the molecule is Cn1cnnc1-c1cccc(NC2CCOC(C)(C)C2)c1. The summed E-state index contributed by atoms with van der Waals surface area (Å²) in [6.45, 7) is 5.11. The lowest BCUT2D eigenvalue weighted by molar-refractivity contribution is -0.0553. The second-order valence-electron chi connectivity index (χ2n) is 6.29. The first kappa shape index (κ1) is 14.1. The minimum absolute atomic E-state index is 0.0445. The van der Waals surface area contributed by atoms with Crippen LogP contribution in [0.25, 0.3) is 11.4 Å². The Morgan fingerprint density at radius 1 is 1.38 bits per heavy atom. The number of anilines is 1. The maximum absolute atomic E-state index is 5.77. The van der Waals surface area contributed by atoms with E-state index in [9.17, 15) is 0 Å². The number of aryl methyl sites for hydroxylation is 1. The van der Waals surface area contributed by atoms with Gasteiger partial charge in [-0.15, -0.1) is 10.2 Å². The van der Waals surface area contributed by atoms with E-state index >= 15 is 0 Å². The van der Waals surface area contributed by atoms with Crippen LogP contribution in [-0.4, -0.2) is 33.0 Å². The third-order valence-electron chi connectivity index (χ3n) is 3.90. The Balaban J connectivity index is 1.76. The van der Waals surface area contributed by atoms with Crippen molar-refractivity contribution in [3.63, 3.8) is 0 Å². The molecule has 1 aromatic carbocycles. The molecule has 3 rings (SSSR count). The molecule has 1 unspecified atom stereocenters. The zero-order valence-electron chi connectivity index (χ0n) is 12.8. The fourth-order valence-electron chi connectivity index (χ4n) is 2.88. The van der Waals surface area contributed by atoms with E-state index in [2.05, 4.69) is 53.6 Å². The van der Waals surface area contributed by atoms with Crippen molar-refractivity contribution < 1.29 is 4.74 Å². The van der Waals surface area contributed by atoms with Crippen LogP contribution < -0.4 is 5.32 Å². The van der Waals surface area contributed by atoms with Crippen molar-refractivity contribution in [1.29, 1.82) is 0 Å². The van der Waals surface area contributed by atoms with Gasteiger partial charge in [0.15, 0.2) is 5.82 Å². The fraction of sp³-hybridized carbons (Fsp3) is 0.500. The van der Waals surface area contributed by atoms with Gasteiger partial charge in [-0.1, -0.05) is 12.1 Å². The Kier molecular flexibility index (Phi) is 3.68. The number of rotatable bonds is 3. The number of benzene rings is 1. The Morgan fingerprint density at radius 3 is 2.95 bits per heavy atom. The molecule has 0 saturated carbocycles. The fourth-order valence-corrected chi connectivity index (χ4v) is 2.88. The predicted molar refractivity (Wildman–Crippen MR) is 83.1 cm³/mol. The zero-order chi connectivity index (χ0) is 14.9. The molecule has 112 valence electrons. The van der Waals surface area contributed by atoms with Crippen LogP contribution in [-0.2, 0) is 11.8 Å². The minimum Gasteiger partial charge on any atom is -0.382 e. The molecule has 0 aliphatic carbocycles. The van der Waals surface area contributed by atoms with Gasteiger partial charge < -0.3 is 14.6 Å². The summed E-state index contributed by atoms with van der Waals surface area (Å²) in [5.41, 5.74) is 2.15. The van der Waals surface area contributed by atoms with Crippen LogP contribution in [0.3, 0.4) is 0 Å². The Hall–Kier alpha value is -1.88. The molecule has 2 aromatic rings. The largest absolute Gasteiger partial charge is 0.382 e. The molecule has 0 radical (unpaired) electrons. The molecule has 1 saturated heterocycles. The second-order valence-corrected chi connectivity index (χ2v) is 6.29. The molecule has 0 amide bonds. The van der Waals surface area contributed by atoms with Gasteiger partial charge in [-0.05, 0) is 38.8 Å². The van der Waals surface area contributed by atoms with E-state index in [-0.39, 0.29) is 5.60 Å². The van der Waals surface area contributed by atoms with E-state index in [4.69, 9.17) is 4.74 Å². The zero-order valence-corrected chi connectivity index (χ0v) is 12.8. The number of hydrogen-bond acceptors (Lipinski definition) is 4. The van der Waals surface area contributed by atoms with E-state index in [1.54, 1.807) is 6.33 Å². The highest BCUT2D eigenvalue weighted by Crippen LogP contribution is 2.27. The predicted octanol–water partition coefficient (Wildman–Crippen LogP) is 2.85. The average Bonchev–Trinajstić information content (AvgIpc) is 2.84. The summed E-state index contributed by atoms with van der Waals surface area (Å²) >= 11 is 0. The smallest absolute Gasteiger partial charge is 0.163 e. The Bertz CT molecular complexity index is 620. The second kappa shape index (κ2) is 5.48. The summed E-state index contributed by atoms with van der Waals surface area (Å²) in [5, 5.41) is 11.7. The van der Waals surface area contributed by atoms with Crippen molar-refractivity contribution in [3.8, 4) is 11.4 Å². The molecule has 1 aromatic heterocycles. The number of hydrogen-bond donors (Lipinski definition) is 1.